The van der Waals surface area contributed by atoms with Crippen LogP contribution in [0.25, 0.3) is 0 Å². The van der Waals surface area contributed by atoms with Gasteiger partial charge in [-0.25, -0.2) is 0 Å². The van der Waals surface area contributed by atoms with Crippen LogP contribution >= 0.6 is 0 Å². The third-order valence-electron chi connectivity index (χ3n) is 2.19. The van der Waals surface area contributed by atoms with Crippen LogP contribution in [0.2, 0.25) is 0 Å². The molecule has 3 nitrogen and oxygen atoms in total. The smallest absolute Gasteiger partial charge is 0.0105 e. The molecular formula is C12H29N3. The van der Waals surface area contributed by atoms with Gasteiger partial charge in [0.1, 0.15) is 0 Å². The highest BCUT2D eigenvalue weighted by molar-refractivity contribution is 4.70. The minimum Gasteiger partial charge on any atom is -0.313 e. The van der Waals surface area contributed by atoms with Crippen LogP contribution in [0.4, 0.5) is 0 Å². The number of rotatable bonds is 7. The second-order valence-corrected chi connectivity index (χ2v) is 5.59. The number of nitrogens with zero attached hydrogens (tertiary/aromatic N) is 1. The number of nitrogens with one attached hydrogen (secondary N) is 2. The normalized spacial score (nSPS) is 12.8. The fraction of sp³-hybridized carbons (Fsp3) is 1.00. The molecule has 0 aliphatic carbocycles. The lowest BCUT2D eigenvalue weighted by Crippen LogP contribution is -2.42. The predicted molar refractivity (Wildman–Crippen MR) is 68.4 cm³/mol. The van der Waals surface area contributed by atoms with Gasteiger partial charge in [-0.2, -0.15) is 0 Å². The summed E-state index contributed by atoms with van der Waals surface area (Å²) < 4.78 is 0. The first-order valence-corrected chi connectivity index (χ1v) is 5.98. The standard InChI is InChI=1S/C12H29N3/c1-11(2)13-7-9-15(6)10-8-14-12(3,4)5/h11,13-14H,7-10H2,1-6H3. The maximum Gasteiger partial charge on any atom is 0.0105 e. The topological polar surface area (TPSA) is 27.3 Å². The molecule has 3 heteroatoms. The fourth-order valence-corrected chi connectivity index (χ4v) is 1.28. The van der Waals surface area contributed by atoms with Gasteiger partial charge in [-0.3, -0.25) is 0 Å². The third kappa shape index (κ3) is 11.8. The second-order valence-electron chi connectivity index (χ2n) is 5.59. The Morgan fingerprint density at radius 3 is 2.07 bits per heavy atom. The minimum atomic E-state index is 0.233. The van der Waals surface area contributed by atoms with Crippen molar-refractivity contribution >= 4 is 0 Å². The highest BCUT2D eigenvalue weighted by Gasteiger charge is 2.08. The lowest BCUT2D eigenvalue weighted by atomic mass is 10.1. The van der Waals surface area contributed by atoms with Crippen LogP contribution in [0.3, 0.4) is 0 Å². The molecule has 0 aromatic carbocycles. The van der Waals surface area contributed by atoms with Crippen molar-refractivity contribution in [3.05, 3.63) is 0 Å². The summed E-state index contributed by atoms with van der Waals surface area (Å²) in [6, 6.07) is 0.589. The van der Waals surface area contributed by atoms with E-state index >= 15 is 0 Å². The van der Waals surface area contributed by atoms with Gasteiger partial charge < -0.3 is 15.5 Å². The fourth-order valence-electron chi connectivity index (χ4n) is 1.28. The summed E-state index contributed by atoms with van der Waals surface area (Å²) in [6.07, 6.45) is 0. The van der Waals surface area contributed by atoms with Crippen LogP contribution < -0.4 is 10.6 Å². The zero-order chi connectivity index (χ0) is 11.9. The SMILES string of the molecule is CC(C)NCCN(C)CCNC(C)(C)C. The minimum absolute atomic E-state index is 0.233. The van der Waals surface area contributed by atoms with Crippen molar-refractivity contribution in [3.8, 4) is 0 Å². The summed E-state index contributed by atoms with van der Waals surface area (Å²) in [6.45, 7) is 15.3. The van der Waals surface area contributed by atoms with Gasteiger partial charge >= 0.3 is 0 Å². The van der Waals surface area contributed by atoms with Crippen molar-refractivity contribution in [1.29, 1.82) is 0 Å². The summed E-state index contributed by atoms with van der Waals surface area (Å²) >= 11 is 0. The lowest BCUT2D eigenvalue weighted by Gasteiger charge is -2.23. The summed E-state index contributed by atoms with van der Waals surface area (Å²) in [4.78, 5) is 2.36. The Morgan fingerprint density at radius 1 is 1.07 bits per heavy atom. The molecule has 0 spiro atoms. The van der Waals surface area contributed by atoms with E-state index in [9.17, 15) is 0 Å². The van der Waals surface area contributed by atoms with Gasteiger partial charge in [0.25, 0.3) is 0 Å². The van der Waals surface area contributed by atoms with E-state index < -0.39 is 0 Å². The maximum absolute atomic E-state index is 3.49. The number of hydrogen-bond acceptors (Lipinski definition) is 3. The molecule has 0 amide bonds. The molecular weight excluding hydrogens is 186 g/mol. The van der Waals surface area contributed by atoms with E-state index in [2.05, 4.69) is 57.2 Å². The molecule has 0 rings (SSSR count). The average Bonchev–Trinajstić information content (AvgIpc) is 2.00. The molecule has 0 aromatic rings. The van der Waals surface area contributed by atoms with Gasteiger partial charge in [-0.05, 0) is 27.8 Å². The molecule has 0 fully saturated rings. The van der Waals surface area contributed by atoms with Crippen molar-refractivity contribution in [2.75, 3.05) is 33.2 Å². The van der Waals surface area contributed by atoms with E-state index in [0.717, 1.165) is 26.2 Å². The van der Waals surface area contributed by atoms with Gasteiger partial charge in [-0.15, -0.1) is 0 Å². The van der Waals surface area contributed by atoms with Crippen molar-refractivity contribution in [3.63, 3.8) is 0 Å². The molecule has 0 atom stereocenters. The highest BCUT2D eigenvalue weighted by atomic mass is 15.1. The van der Waals surface area contributed by atoms with Gasteiger partial charge in [0.2, 0.25) is 0 Å². The number of likely N-dealkylation sites (N-methyl/N-ethyl adjacent to an activating group) is 1. The molecule has 0 saturated carbocycles. The van der Waals surface area contributed by atoms with Crippen LogP contribution in [0.1, 0.15) is 34.6 Å². The molecule has 15 heavy (non-hydrogen) atoms. The lowest BCUT2D eigenvalue weighted by molar-refractivity contribution is 0.305. The van der Waals surface area contributed by atoms with Crippen LogP contribution in [-0.4, -0.2) is 49.7 Å². The molecule has 0 heterocycles. The van der Waals surface area contributed by atoms with Crippen LogP contribution in [0, 0.1) is 0 Å². The molecule has 0 aliphatic heterocycles. The van der Waals surface area contributed by atoms with E-state index in [-0.39, 0.29) is 5.54 Å². The Balaban J connectivity index is 3.37. The monoisotopic (exact) mass is 215 g/mol. The van der Waals surface area contributed by atoms with E-state index in [4.69, 9.17) is 0 Å². The van der Waals surface area contributed by atoms with Crippen molar-refractivity contribution in [2.24, 2.45) is 0 Å². The Morgan fingerprint density at radius 2 is 1.60 bits per heavy atom. The van der Waals surface area contributed by atoms with Gasteiger partial charge in [0.15, 0.2) is 0 Å². The average molecular weight is 215 g/mol. The van der Waals surface area contributed by atoms with E-state index in [1.54, 1.807) is 0 Å². The Labute approximate surface area is 95.6 Å². The molecule has 92 valence electrons. The molecule has 2 N–H and O–H groups in total. The molecule has 0 bridgehead atoms. The molecule has 0 aromatic heterocycles. The van der Waals surface area contributed by atoms with Gasteiger partial charge in [0.05, 0.1) is 0 Å². The molecule has 0 aliphatic rings. The Bertz CT molecular complexity index is 149. The second kappa shape index (κ2) is 7.20. The van der Waals surface area contributed by atoms with Crippen LogP contribution in [0.15, 0.2) is 0 Å². The predicted octanol–water partition coefficient (Wildman–Crippen LogP) is 1.30. The summed E-state index contributed by atoms with van der Waals surface area (Å²) in [5.41, 5.74) is 0.233. The largest absolute Gasteiger partial charge is 0.313 e. The van der Waals surface area contributed by atoms with Gasteiger partial charge in [0, 0.05) is 37.8 Å². The summed E-state index contributed by atoms with van der Waals surface area (Å²) in [5.74, 6) is 0. The highest BCUT2D eigenvalue weighted by Crippen LogP contribution is 1.97. The van der Waals surface area contributed by atoms with E-state index in [0.29, 0.717) is 6.04 Å². The zero-order valence-corrected chi connectivity index (χ0v) is 11.4. The summed E-state index contributed by atoms with van der Waals surface area (Å²) in [7, 11) is 2.17. The Hall–Kier alpha value is -0.120. The maximum atomic E-state index is 3.49. The van der Waals surface area contributed by atoms with Gasteiger partial charge in [-0.1, -0.05) is 13.8 Å². The zero-order valence-electron chi connectivity index (χ0n) is 11.4. The van der Waals surface area contributed by atoms with Crippen LogP contribution in [-0.2, 0) is 0 Å². The first-order valence-electron chi connectivity index (χ1n) is 5.98. The third-order valence-corrected chi connectivity index (χ3v) is 2.19. The molecule has 0 saturated heterocycles. The van der Waals surface area contributed by atoms with E-state index in [1.807, 2.05) is 0 Å². The number of hydrogen-bond donors (Lipinski definition) is 2. The van der Waals surface area contributed by atoms with Crippen molar-refractivity contribution in [1.82, 2.24) is 15.5 Å². The quantitative estimate of drug-likeness (QED) is 0.670. The van der Waals surface area contributed by atoms with Crippen molar-refractivity contribution < 1.29 is 0 Å². The van der Waals surface area contributed by atoms with E-state index in [1.165, 1.54) is 0 Å². The Kier molecular flexibility index (Phi) is 7.14. The van der Waals surface area contributed by atoms with Crippen molar-refractivity contribution in [2.45, 2.75) is 46.2 Å². The molecule has 0 unspecified atom stereocenters. The summed E-state index contributed by atoms with van der Waals surface area (Å²) in [5, 5.41) is 6.91. The first kappa shape index (κ1) is 14.9. The molecule has 0 radical (unpaired) electrons. The van der Waals surface area contributed by atoms with Crippen LogP contribution in [0.5, 0.6) is 0 Å². The first-order chi connectivity index (χ1) is 6.81.